The molecule has 9 heteroatoms. The first-order chi connectivity index (χ1) is 14.4. The van der Waals surface area contributed by atoms with E-state index in [1.165, 1.54) is 0 Å². The molecule has 0 bridgehead atoms. The fourth-order valence-corrected chi connectivity index (χ4v) is 3.87. The highest BCUT2D eigenvalue weighted by molar-refractivity contribution is 5.93. The van der Waals surface area contributed by atoms with Crippen molar-refractivity contribution in [1.29, 1.82) is 5.41 Å². The van der Waals surface area contributed by atoms with Gasteiger partial charge in [0.1, 0.15) is 0 Å². The summed E-state index contributed by atoms with van der Waals surface area (Å²) < 4.78 is 1.79. The van der Waals surface area contributed by atoms with E-state index in [9.17, 15) is 9.59 Å². The average Bonchev–Trinajstić information content (AvgIpc) is 3.19. The van der Waals surface area contributed by atoms with Gasteiger partial charge < -0.3 is 26.0 Å². The molecule has 1 saturated heterocycles. The Morgan fingerprint density at radius 3 is 2.77 bits per heavy atom. The standard InChI is InChI=1S/C21H30N6O3/c1-13-10-16-17(11-15(13)25-14-7-8-24-12-14)27(20(22)19(26-16)21(23)30)9-5-3-2-4-6-18(28)29/h10-11,14,22,24-25H,2-9,12H2,1H3,(H2,23,30)(H,28,29)/t14-/m1/s1. The number of aromatic nitrogens is 2. The lowest BCUT2D eigenvalue weighted by molar-refractivity contribution is -0.137. The summed E-state index contributed by atoms with van der Waals surface area (Å²) in [6.07, 6.45) is 4.30. The minimum atomic E-state index is -0.781. The van der Waals surface area contributed by atoms with E-state index in [0.29, 0.717) is 24.5 Å². The number of fused-ring (bicyclic) bond motifs is 1. The van der Waals surface area contributed by atoms with Gasteiger partial charge in [-0.1, -0.05) is 12.8 Å². The van der Waals surface area contributed by atoms with Crippen molar-refractivity contribution in [2.75, 3.05) is 18.4 Å². The summed E-state index contributed by atoms with van der Waals surface area (Å²) in [6, 6.07) is 4.29. The number of hydrogen-bond donors (Lipinski definition) is 5. The number of aryl methyl sites for hydroxylation is 2. The first kappa shape index (κ1) is 21.8. The van der Waals surface area contributed by atoms with E-state index in [-0.39, 0.29) is 17.6 Å². The summed E-state index contributed by atoms with van der Waals surface area (Å²) in [5.74, 6) is -1.49. The van der Waals surface area contributed by atoms with Gasteiger partial charge in [-0.15, -0.1) is 0 Å². The lowest BCUT2D eigenvalue weighted by Gasteiger charge is -2.19. The first-order valence-electron chi connectivity index (χ1n) is 10.5. The molecule has 6 N–H and O–H groups in total. The molecule has 1 aliphatic rings. The Labute approximate surface area is 175 Å². The van der Waals surface area contributed by atoms with Gasteiger partial charge in [0, 0.05) is 31.2 Å². The summed E-state index contributed by atoms with van der Waals surface area (Å²) in [7, 11) is 0. The number of unbranched alkanes of at least 4 members (excludes halogenated alkanes) is 3. The number of aliphatic carboxylic acids is 1. The molecule has 1 fully saturated rings. The lowest BCUT2D eigenvalue weighted by Crippen LogP contribution is -2.32. The van der Waals surface area contributed by atoms with E-state index in [4.69, 9.17) is 16.2 Å². The molecule has 1 atom stereocenters. The third-order valence-electron chi connectivity index (χ3n) is 5.51. The summed E-state index contributed by atoms with van der Waals surface area (Å²) in [4.78, 5) is 26.8. The number of amides is 1. The van der Waals surface area contributed by atoms with Crippen molar-refractivity contribution in [2.24, 2.45) is 5.73 Å². The van der Waals surface area contributed by atoms with Crippen LogP contribution >= 0.6 is 0 Å². The molecule has 1 aromatic carbocycles. The minimum absolute atomic E-state index is 0.0119. The van der Waals surface area contributed by atoms with E-state index >= 15 is 0 Å². The number of carbonyl (C=O) groups is 2. The number of rotatable bonds is 10. The van der Waals surface area contributed by atoms with E-state index in [0.717, 1.165) is 55.5 Å². The highest BCUT2D eigenvalue weighted by atomic mass is 16.4. The number of benzene rings is 1. The molecular weight excluding hydrogens is 384 g/mol. The van der Waals surface area contributed by atoms with Crippen LogP contribution < -0.4 is 21.9 Å². The van der Waals surface area contributed by atoms with Gasteiger partial charge in [0.25, 0.3) is 5.91 Å². The number of carbonyl (C=O) groups excluding carboxylic acids is 1. The zero-order valence-corrected chi connectivity index (χ0v) is 17.3. The van der Waals surface area contributed by atoms with Crippen LogP contribution in [-0.2, 0) is 11.3 Å². The summed E-state index contributed by atoms with van der Waals surface area (Å²) in [6.45, 7) is 4.44. The van der Waals surface area contributed by atoms with Crippen molar-refractivity contribution in [1.82, 2.24) is 14.9 Å². The van der Waals surface area contributed by atoms with Gasteiger partial charge in [-0.3, -0.25) is 15.0 Å². The maximum absolute atomic E-state index is 11.8. The number of nitrogens with zero attached hydrogens (tertiary/aromatic N) is 2. The Morgan fingerprint density at radius 2 is 2.10 bits per heavy atom. The van der Waals surface area contributed by atoms with Crippen LogP contribution in [0.1, 0.15) is 54.6 Å². The molecule has 0 radical (unpaired) electrons. The molecule has 0 saturated carbocycles. The monoisotopic (exact) mass is 414 g/mol. The molecular formula is C21H30N6O3. The number of nitrogens with two attached hydrogens (primary N) is 1. The Morgan fingerprint density at radius 1 is 1.33 bits per heavy atom. The molecule has 3 rings (SSSR count). The van der Waals surface area contributed by atoms with Gasteiger partial charge in [0.15, 0.2) is 11.2 Å². The maximum Gasteiger partial charge on any atom is 0.303 e. The molecule has 0 unspecified atom stereocenters. The Kier molecular flexibility index (Phi) is 7.04. The van der Waals surface area contributed by atoms with E-state index in [2.05, 4.69) is 15.6 Å². The van der Waals surface area contributed by atoms with Gasteiger partial charge in [0.2, 0.25) is 0 Å². The number of primary amides is 1. The molecule has 30 heavy (non-hydrogen) atoms. The highest BCUT2D eigenvalue weighted by Gasteiger charge is 2.18. The zero-order valence-electron chi connectivity index (χ0n) is 17.3. The van der Waals surface area contributed by atoms with Crippen LogP contribution in [0.2, 0.25) is 0 Å². The molecule has 0 aliphatic carbocycles. The first-order valence-corrected chi connectivity index (χ1v) is 10.5. The Bertz CT molecular complexity index is 994. The van der Waals surface area contributed by atoms with Crippen LogP contribution in [-0.4, -0.2) is 45.7 Å². The fraction of sp³-hybridized carbons (Fsp3) is 0.524. The SMILES string of the molecule is Cc1cc2nc(C(N)=O)c(=N)n(CCCCCCC(=O)O)c2cc1N[C@@H]1CCNC1. The van der Waals surface area contributed by atoms with Crippen molar-refractivity contribution < 1.29 is 14.7 Å². The molecule has 2 heterocycles. The third-order valence-corrected chi connectivity index (χ3v) is 5.51. The fourth-order valence-electron chi connectivity index (χ4n) is 3.87. The molecule has 1 amide bonds. The van der Waals surface area contributed by atoms with Crippen molar-refractivity contribution in [2.45, 2.75) is 58.0 Å². The van der Waals surface area contributed by atoms with Gasteiger partial charge >= 0.3 is 5.97 Å². The van der Waals surface area contributed by atoms with Crippen LogP contribution in [0, 0.1) is 12.3 Å². The van der Waals surface area contributed by atoms with Crippen LogP contribution in [0.25, 0.3) is 11.0 Å². The van der Waals surface area contributed by atoms with Gasteiger partial charge in [0.05, 0.1) is 11.0 Å². The van der Waals surface area contributed by atoms with Crippen LogP contribution in [0.3, 0.4) is 0 Å². The molecule has 0 spiro atoms. The van der Waals surface area contributed by atoms with Gasteiger partial charge in [-0.25, -0.2) is 4.98 Å². The molecule has 1 aliphatic heterocycles. The van der Waals surface area contributed by atoms with E-state index < -0.39 is 11.9 Å². The molecule has 2 aromatic rings. The van der Waals surface area contributed by atoms with Gasteiger partial charge in [-0.05, 0) is 50.4 Å². The third kappa shape index (κ3) is 5.15. The van der Waals surface area contributed by atoms with Crippen molar-refractivity contribution in [3.8, 4) is 0 Å². The maximum atomic E-state index is 11.8. The van der Waals surface area contributed by atoms with Crippen molar-refractivity contribution >= 4 is 28.6 Å². The van der Waals surface area contributed by atoms with Crippen LogP contribution in [0.15, 0.2) is 12.1 Å². The second-order valence-electron chi connectivity index (χ2n) is 7.87. The van der Waals surface area contributed by atoms with Crippen molar-refractivity contribution in [3.63, 3.8) is 0 Å². The number of hydrogen-bond acceptors (Lipinski definition) is 6. The van der Waals surface area contributed by atoms with E-state index in [1.54, 1.807) is 4.57 Å². The summed E-state index contributed by atoms with van der Waals surface area (Å²) in [5, 5.41) is 24.1. The summed E-state index contributed by atoms with van der Waals surface area (Å²) >= 11 is 0. The second kappa shape index (κ2) is 9.71. The average molecular weight is 415 g/mol. The second-order valence-corrected chi connectivity index (χ2v) is 7.87. The number of carboxylic acids is 1. The molecule has 162 valence electrons. The van der Waals surface area contributed by atoms with Crippen LogP contribution in [0.5, 0.6) is 0 Å². The highest BCUT2D eigenvalue weighted by Crippen LogP contribution is 2.24. The normalized spacial score (nSPS) is 16.1. The minimum Gasteiger partial charge on any atom is -0.481 e. The predicted molar refractivity (Wildman–Crippen MR) is 114 cm³/mol. The largest absolute Gasteiger partial charge is 0.481 e. The number of anilines is 1. The zero-order chi connectivity index (χ0) is 21.7. The Hall–Kier alpha value is -2.94. The van der Waals surface area contributed by atoms with E-state index in [1.807, 2.05) is 19.1 Å². The molecule has 9 nitrogen and oxygen atoms in total. The smallest absolute Gasteiger partial charge is 0.303 e. The lowest BCUT2D eigenvalue weighted by atomic mass is 10.1. The van der Waals surface area contributed by atoms with Crippen LogP contribution in [0.4, 0.5) is 5.69 Å². The number of carboxylic acid groups (broad SMARTS) is 1. The number of nitrogens with one attached hydrogen (secondary N) is 3. The summed E-state index contributed by atoms with van der Waals surface area (Å²) in [5.41, 5.74) is 8.89. The quantitative estimate of drug-likeness (QED) is 0.374. The van der Waals surface area contributed by atoms with Gasteiger partial charge in [-0.2, -0.15) is 0 Å². The topological polar surface area (TPSA) is 146 Å². The predicted octanol–water partition coefficient (Wildman–Crippen LogP) is 1.73. The Balaban J connectivity index is 1.88. The van der Waals surface area contributed by atoms with Crippen molar-refractivity contribution in [3.05, 3.63) is 28.9 Å². The molecule has 1 aromatic heterocycles.